The molecule has 0 spiro atoms. The lowest BCUT2D eigenvalue weighted by molar-refractivity contribution is -0.384. The van der Waals surface area contributed by atoms with Crippen molar-refractivity contribution < 1.29 is 4.92 Å². The van der Waals surface area contributed by atoms with Gasteiger partial charge in [0, 0.05) is 10.7 Å². The number of nitrogens with one attached hydrogen (secondary N) is 1. The van der Waals surface area contributed by atoms with E-state index in [4.69, 9.17) is 23.2 Å². The minimum Gasteiger partial charge on any atom is -0.334 e. The molecule has 1 heterocycles. The van der Waals surface area contributed by atoms with Crippen molar-refractivity contribution in [2.75, 3.05) is 5.32 Å². The average Bonchev–Trinajstić information content (AvgIpc) is 2.35. The third-order valence-electron chi connectivity index (χ3n) is 2.46. The zero-order chi connectivity index (χ0) is 14.0. The molecule has 2 aromatic rings. The van der Waals surface area contributed by atoms with Crippen molar-refractivity contribution in [1.29, 1.82) is 0 Å². The Balaban J connectivity index is 2.45. The summed E-state index contributed by atoms with van der Waals surface area (Å²) in [5.41, 5.74) is 1.11. The molecule has 1 aromatic carbocycles. The number of hydrogen-bond donors (Lipinski definition) is 1. The number of nitro groups is 1. The van der Waals surface area contributed by atoms with Gasteiger partial charge in [-0.15, -0.1) is 0 Å². The standard InChI is InChI=1S/C11H8Cl2N4O2/c1-6-7(12)3-2-4-8(6)15-10-9(17(18)19)5-14-11(13)16-10/h2-5H,1H3,(H,14,15,16). The van der Waals surface area contributed by atoms with Crippen LogP contribution in [0.3, 0.4) is 0 Å². The quantitative estimate of drug-likeness (QED) is 0.530. The second-order valence-corrected chi connectivity index (χ2v) is 4.41. The van der Waals surface area contributed by atoms with Crippen LogP contribution < -0.4 is 5.32 Å². The van der Waals surface area contributed by atoms with Crippen LogP contribution in [0.5, 0.6) is 0 Å². The van der Waals surface area contributed by atoms with Gasteiger partial charge in [0.2, 0.25) is 11.1 Å². The van der Waals surface area contributed by atoms with Crippen LogP contribution in [0.25, 0.3) is 0 Å². The second-order valence-electron chi connectivity index (χ2n) is 3.67. The van der Waals surface area contributed by atoms with Gasteiger partial charge in [0.05, 0.1) is 4.92 Å². The average molecular weight is 299 g/mol. The molecule has 0 atom stereocenters. The van der Waals surface area contributed by atoms with Gasteiger partial charge in [0.1, 0.15) is 6.20 Å². The van der Waals surface area contributed by atoms with E-state index in [1.54, 1.807) is 25.1 Å². The van der Waals surface area contributed by atoms with Gasteiger partial charge in [-0.25, -0.2) is 4.98 Å². The van der Waals surface area contributed by atoms with Crippen LogP contribution in [-0.4, -0.2) is 14.9 Å². The van der Waals surface area contributed by atoms with Crippen LogP contribution in [0.1, 0.15) is 5.56 Å². The van der Waals surface area contributed by atoms with Crippen molar-refractivity contribution in [3.8, 4) is 0 Å². The molecule has 0 bridgehead atoms. The first-order chi connectivity index (χ1) is 8.99. The van der Waals surface area contributed by atoms with Gasteiger partial charge in [0.15, 0.2) is 0 Å². The van der Waals surface area contributed by atoms with Crippen LogP contribution in [0.2, 0.25) is 10.3 Å². The van der Waals surface area contributed by atoms with E-state index in [0.29, 0.717) is 10.7 Å². The molecule has 0 amide bonds. The zero-order valence-corrected chi connectivity index (χ0v) is 11.2. The van der Waals surface area contributed by atoms with E-state index in [-0.39, 0.29) is 16.8 Å². The number of aromatic nitrogens is 2. The van der Waals surface area contributed by atoms with Crippen molar-refractivity contribution in [2.45, 2.75) is 6.92 Å². The number of hydrogen-bond acceptors (Lipinski definition) is 5. The maximum atomic E-state index is 10.9. The Morgan fingerprint density at radius 2 is 2.11 bits per heavy atom. The number of nitrogens with zero attached hydrogens (tertiary/aromatic N) is 3. The Hall–Kier alpha value is -1.92. The maximum absolute atomic E-state index is 10.9. The van der Waals surface area contributed by atoms with Gasteiger partial charge >= 0.3 is 5.69 Å². The van der Waals surface area contributed by atoms with Crippen LogP contribution >= 0.6 is 23.2 Å². The Kier molecular flexibility index (Phi) is 3.82. The minimum absolute atomic E-state index is 0.0235. The highest BCUT2D eigenvalue weighted by Crippen LogP contribution is 2.29. The SMILES string of the molecule is Cc1c(Cl)cccc1Nc1nc(Cl)ncc1[N+](=O)[O-]. The van der Waals surface area contributed by atoms with Crippen molar-refractivity contribution in [3.63, 3.8) is 0 Å². The maximum Gasteiger partial charge on any atom is 0.329 e. The Bertz CT molecular complexity index is 649. The first-order valence-electron chi connectivity index (χ1n) is 5.18. The van der Waals surface area contributed by atoms with E-state index in [2.05, 4.69) is 15.3 Å². The van der Waals surface area contributed by atoms with E-state index in [1.807, 2.05) is 0 Å². The summed E-state index contributed by atoms with van der Waals surface area (Å²) in [7, 11) is 0. The van der Waals surface area contributed by atoms with E-state index < -0.39 is 4.92 Å². The van der Waals surface area contributed by atoms with Crippen molar-refractivity contribution in [2.24, 2.45) is 0 Å². The number of anilines is 2. The lowest BCUT2D eigenvalue weighted by Crippen LogP contribution is -2.02. The molecule has 0 aliphatic heterocycles. The highest BCUT2D eigenvalue weighted by atomic mass is 35.5. The van der Waals surface area contributed by atoms with Crippen molar-refractivity contribution in [3.05, 3.63) is 50.4 Å². The van der Waals surface area contributed by atoms with Crippen molar-refractivity contribution >= 4 is 40.4 Å². The molecule has 0 unspecified atom stereocenters. The topological polar surface area (TPSA) is 81.0 Å². The van der Waals surface area contributed by atoms with E-state index in [9.17, 15) is 10.1 Å². The molecule has 0 radical (unpaired) electrons. The zero-order valence-electron chi connectivity index (χ0n) is 9.72. The van der Waals surface area contributed by atoms with Crippen LogP contribution in [0.15, 0.2) is 24.4 Å². The Labute approximate surface area is 118 Å². The summed E-state index contributed by atoms with van der Waals surface area (Å²) in [6.07, 6.45) is 1.05. The fraction of sp³-hybridized carbons (Fsp3) is 0.0909. The fourth-order valence-corrected chi connectivity index (χ4v) is 1.76. The Morgan fingerprint density at radius 3 is 2.79 bits per heavy atom. The van der Waals surface area contributed by atoms with E-state index >= 15 is 0 Å². The lowest BCUT2D eigenvalue weighted by atomic mass is 10.2. The van der Waals surface area contributed by atoms with Gasteiger partial charge in [-0.2, -0.15) is 4.98 Å². The summed E-state index contributed by atoms with van der Waals surface area (Å²) in [4.78, 5) is 17.7. The molecule has 0 aliphatic carbocycles. The third-order valence-corrected chi connectivity index (χ3v) is 3.05. The molecule has 0 saturated heterocycles. The van der Waals surface area contributed by atoms with Gasteiger partial charge in [-0.3, -0.25) is 10.1 Å². The van der Waals surface area contributed by atoms with Crippen LogP contribution in [0.4, 0.5) is 17.2 Å². The monoisotopic (exact) mass is 298 g/mol. The molecular weight excluding hydrogens is 291 g/mol. The molecule has 2 rings (SSSR count). The van der Waals surface area contributed by atoms with Gasteiger partial charge in [-0.1, -0.05) is 17.7 Å². The largest absolute Gasteiger partial charge is 0.334 e. The van der Waals surface area contributed by atoms with Gasteiger partial charge in [-0.05, 0) is 36.2 Å². The summed E-state index contributed by atoms with van der Waals surface area (Å²) in [5, 5.41) is 14.2. The van der Waals surface area contributed by atoms with E-state index in [0.717, 1.165) is 11.8 Å². The minimum atomic E-state index is -0.585. The van der Waals surface area contributed by atoms with Crippen molar-refractivity contribution in [1.82, 2.24) is 9.97 Å². The molecule has 0 saturated carbocycles. The Morgan fingerprint density at radius 1 is 1.37 bits per heavy atom. The van der Waals surface area contributed by atoms with Crippen LogP contribution in [0, 0.1) is 17.0 Å². The molecule has 0 fully saturated rings. The summed E-state index contributed by atoms with van der Waals surface area (Å²) >= 11 is 11.6. The number of rotatable bonds is 3. The molecule has 1 aromatic heterocycles. The molecule has 0 aliphatic rings. The predicted molar refractivity (Wildman–Crippen MR) is 73.2 cm³/mol. The summed E-state index contributed by atoms with van der Waals surface area (Å²) in [6, 6.07) is 5.19. The summed E-state index contributed by atoms with van der Waals surface area (Å²) in [5.74, 6) is 0.0235. The number of halogens is 2. The molecule has 98 valence electrons. The van der Waals surface area contributed by atoms with Gasteiger partial charge in [0.25, 0.3) is 0 Å². The molecule has 1 N–H and O–H groups in total. The first-order valence-corrected chi connectivity index (χ1v) is 5.93. The molecule has 19 heavy (non-hydrogen) atoms. The smallest absolute Gasteiger partial charge is 0.329 e. The summed E-state index contributed by atoms with van der Waals surface area (Å²) in [6.45, 7) is 1.79. The fourth-order valence-electron chi connectivity index (χ4n) is 1.45. The highest BCUT2D eigenvalue weighted by molar-refractivity contribution is 6.31. The van der Waals surface area contributed by atoms with Gasteiger partial charge < -0.3 is 5.32 Å². The van der Waals surface area contributed by atoms with Crippen LogP contribution in [-0.2, 0) is 0 Å². The molecular formula is C11H8Cl2N4O2. The molecule has 6 nitrogen and oxygen atoms in total. The first kappa shape index (κ1) is 13.5. The summed E-state index contributed by atoms with van der Waals surface area (Å²) < 4.78 is 0. The predicted octanol–water partition coefficient (Wildman–Crippen LogP) is 3.74. The molecule has 8 heteroatoms. The lowest BCUT2D eigenvalue weighted by Gasteiger charge is -2.09. The normalized spacial score (nSPS) is 10.3. The van der Waals surface area contributed by atoms with E-state index in [1.165, 1.54) is 0 Å². The second kappa shape index (κ2) is 5.38. The number of benzene rings is 1. The highest BCUT2D eigenvalue weighted by Gasteiger charge is 2.17. The third kappa shape index (κ3) is 2.91.